The smallest absolute Gasteiger partial charge is 0.261 e. The fraction of sp³-hybridized carbons (Fsp3) is 0.435. The van der Waals surface area contributed by atoms with Crippen molar-refractivity contribution in [1.82, 2.24) is 10.2 Å². The molecule has 2 aromatic carbocycles. The number of hydrogen-bond donors (Lipinski definition) is 1. The summed E-state index contributed by atoms with van der Waals surface area (Å²) in [5.74, 6) is 0.614. The molecule has 5 nitrogen and oxygen atoms in total. The SMILES string of the molecule is Cc1ccc(OC(C)C(=O)NCc2ccc(N3CCN(C)CC3)cc2)cc1C. The van der Waals surface area contributed by atoms with Gasteiger partial charge in [-0.1, -0.05) is 18.2 Å². The van der Waals surface area contributed by atoms with Gasteiger partial charge in [0.1, 0.15) is 5.75 Å². The quantitative estimate of drug-likeness (QED) is 0.835. The van der Waals surface area contributed by atoms with Crippen molar-refractivity contribution in [3.8, 4) is 5.75 Å². The Bertz CT molecular complexity index is 796. The zero-order chi connectivity index (χ0) is 20.1. The summed E-state index contributed by atoms with van der Waals surface area (Å²) in [6, 6.07) is 14.3. The Morgan fingerprint density at radius 1 is 1.04 bits per heavy atom. The van der Waals surface area contributed by atoms with E-state index in [1.54, 1.807) is 6.92 Å². The van der Waals surface area contributed by atoms with Gasteiger partial charge < -0.3 is 19.9 Å². The van der Waals surface area contributed by atoms with Crippen LogP contribution in [0.5, 0.6) is 5.75 Å². The summed E-state index contributed by atoms with van der Waals surface area (Å²) in [7, 11) is 2.16. The highest BCUT2D eigenvalue weighted by atomic mass is 16.5. The predicted molar refractivity (Wildman–Crippen MR) is 114 cm³/mol. The molecule has 1 atom stereocenters. The van der Waals surface area contributed by atoms with Gasteiger partial charge in [0.15, 0.2) is 6.10 Å². The molecule has 1 fully saturated rings. The Kier molecular flexibility index (Phi) is 6.57. The second-order valence-corrected chi connectivity index (χ2v) is 7.68. The van der Waals surface area contributed by atoms with Crippen LogP contribution >= 0.6 is 0 Å². The number of rotatable bonds is 6. The Morgan fingerprint density at radius 3 is 2.36 bits per heavy atom. The van der Waals surface area contributed by atoms with E-state index in [1.165, 1.54) is 11.3 Å². The van der Waals surface area contributed by atoms with E-state index in [9.17, 15) is 4.79 Å². The molecule has 0 bridgehead atoms. The van der Waals surface area contributed by atoms with Crippen molar-refractivity contribution in [2.75, 3.05) is 38.1 Å². The molecule has 1 amide bonds. The lowest BCUT2D eigenvalue weighted by Crippen LogP contribution is -2.44. The lowest BCUT2D eigenvalue weighted by molar-refractivity contribution is -0.127. The van der Waals surface area contributed by atoms with Crippen LogP contribution in [0.15, 0.2) is 42.5 Å². The number of carbonyl (C=O) groups is 1. The standard InChI is InChI=1S/C23H31N3O2/c1-17-5-10-22(15-18(17)2)28-19(3)23(27)24-16-20-6-8-21(9-7-20)26-13-11-25(4)12-14-26/h5-10,15,19H,11-14,16H2,1-4H3,(H,24,27). The highest BCUT2D eigenvalue weighted by Crippen LogP contribution is 2.19. The van der Waals surface area contributed by atoms with Crippen LogP contribution in [0.1, 0.15) is 23.6 Å². The predicted octanol–water partition coefficient (Wildman–Crippen LogP) is 3.14. The summed E-state index contributed by atoms with van der Waals surface area (Å²) in [5.41, 5.74) is 4.70. The van der Waals surface area contributed by atoms with Gasteiger partial charge in [-0.05, 0) is 68.8 Å². The zero-order valence-corrected chi connectivity index (χ0v) is 17.4. The number of amides is 1. The second kappa shape index (κ2) is 9.11. The molecule has 1 aliphatic heterocycles. The van der Waals surface area contributed by atoms with E-state index in [0.717, 1.165) is 43.1 Å². The number of carbonyl (C=O) groups excluding carboxylic acids is 1. The topological polar surface area (TPSA) is 44.8 Å². The van der Waals surface area contributed by atoms with Gasteiger partial charge in [0.2, 0.25) is 0 Å². The third-order valence-corrected chi connectivity index (χ3v) is 5.43. The molecule has 0 aliphatic carbocycles. The maximum atomic E-state index is 12.4. The molecule has 28 heavy (non-hydrogen) atoms. The number of likely N-dealkylation sites (N-methyl/N-ethyl adjacent to an activating group) is 1. The molecule has 0 radical (unpaired) electrons. The Hall–Kier alpha value is -2.53. The zero-order valence-electron chi connectivity index (χ0n) is 17.4. The highest BCUT2D eigenvalue weighted by Gasteiger charge is 2.16. The molecule has 0 aromatic heterocycles. The lowest BCUT2D eigenvalue weighted by Gasteiger charge is -2.34. The van der Waals surface area contributed by atoms with Crippen molar-refractivity contribution in [3.63, 3.8) is 0 Å². The molecule has 1 saturated heterocycles. The minimum atomic E-state index is -0.535. The number of anilines is 1. The largest absolute Gasteiger partial charge is 0.481 e. The average molecular weight is 382 g/mol. The van der Waals surface area contributed by atoms with E-state index in [0.29, 0.717) is 6.54 Å². The first-order chi connectivity index (χ1) is 13.4. The summed E-state index contributed by atoms with van der Waals surface area (Å²) in [5, 5.41) is 2.97. The molecule has 0 spiro atoms. The molecule has 150 valence electrons. The number of ether oxygens (including phenoxy) is 1. The molecule has 5 heteroatoms. The van der Waals surface area contributed by atoms with E-state index in [4.69, 9.17) is 4.74 Å². The van der Waals surface area contributed by atoms with Crippen LogP contribution in [0.25, 0.3) is 0 Å². The molecular formula is C23H31N3O2. The van der Waals surface area contributed by atoms with E-state index >= 15 is 0 Å². The van der Waals surface area contributed by atoms with Gasteiger partial charge in [0.05, 0.1) is 0 Å². The van der Waals surface area contributed by atoms with Crippen molar-refractivity contribution in [2.45, 2.75) is 33.4 Å². The molecule has 0 saturated carbocycles. The highest BCUT2D eigenvalue weighted by molar-refractivity contribution is 5.80. The van der Waals surface area contributed by atoms with E-state index in [-0.39, 0.29) is 5.91 Å². The van der Waals surface area contributed by atoms with E-state index in [2.05, 4.69) is 53.4 Å². The number of nitrogens with zero attached hydrogens (tertiary/aromatic N) is 2. The maximum absolute atomic E-state index is 12.4. The summed E-state index contributed by atoms with van der Waals surface area (Å²) in [6.07, 6.45) is -0.535. The molecule has 3 rings (SSSR count). The van der Waals surface area contributed by atoms with E-state index in [1.807, 2.05) is 25.1 Å². The lowest BCUT2D eigenvalue weighted by atomic mass is 10.1. The van der Waals surface area contributed by atoms with Crippen molar-refractivity contribution in [3.05, 3.63) is 59.2 Å². The third kappa shape index (κ3) is 5.26. The van der Waals surface area contributed by atoms with Crippen LogP contribution in [-0.2, 0) is 11.3 Å². The van der Waals surface area contributed by atoms with Gasteiger partial charge in [0, 0.05) is 38.4 Å². The van der Waals surface area contributed by atoms with Crippen molar-refractivity contribution in [2.24, 2.45) is 0 Å². The summed E-state index contributed by atoms with van der Waals surface area (Å²) >= 11 is 0. The van der Waals surface area contributed by atoms with Gasteiger partial charge in [0.25, 0.3) is 5.91 Å². The monoisotopic (exact) mass is 381 g/mol. The van der Waals surface area contributed by atoms with Crippen LogP contribution in [0.2, 0.25) is 0 Å². The van der Waals surface area contributed by atoms with Crippen molar-refractivity contribution >= 4 is 11.6 Å². The molecule has 1 N–H and O–H groups in total. The summed E-state index contributed by atoms with van der Waals surface area (Å²) in [6.45, 7) is 10.7. The summed E-state index contributed by atoms with van der Waals surface area (Å²) < 4.78 is 5.78. The molecular weight excluding hydrogens is 350 g/mol. The molecule has 1 unspecified atom stereocenters. The third-order valence-electron chi connectivity index (χ3n) is 5.43. The van der Waals surface area contributed by atoms with Gasteiger partial charge >= 0.3 is 0 Å². The first-order valence-electron chi connectivity index (χ1n) is 9.96. The first-order valence-corrected chi connectivity index (χ1v) is 9.96. The molecule has 1 heterocycles. The van der Waals surface area contributed by atoms with Crippen LogP contribution in [-0.4, -0.2) is 50.1 Å². The van der Waals surface area contributed by atoms with Crippen molar-refractivity contribution < 1.29 is 9.53 Å². The fourth-order valence-electron chi connectivity index (χ4n) is 3.27. The van der Waals surface area contributed by atoms with Crippen LogP contribution in [0.3, 0.4) is 0 Å². The van der Waals surface area contributed by atoms with Crippen molar-refractivity contribution in [1.29, 1.82) is 0 Å². The second-order valence-electron chi connectivity index (χ2n) is 7.68. The molecule has 2 aromatic rings. The first kappa shape index (κ1) is 20.2. The van der Waals surface area contributed by atoms with Gasteiger partial charge in [-0.3, -0.25) is 4.79 Å². The van der Waals surface area contributed by atoms with Gasteiger partial charge in [-0.15, -0.1) is 0 Å². The number of benzene rings is 2. The number of nitrogens with one attached hydrogen (secondary N) is 1. The fourth-order valence-corrected chi connectivity index (χ4v) is 3.27. The van der Waals surface area contributed by atoms with Crippen LogP contribution < -0.4 is 15.0 Å². The van der Waals surface area contributed by atoms with Crippen LogP contribution in [0.4, 0.5) is 5.69 Å². The normalized spacial score (nSPS) is 15.9. The number of piperazine rings is 1. The van der Waals surface area contributed by atoms with E-state index < -0.39 is 6.10 Å². The maximum Gasteiger partial charge on any atom is 0.261 e. The number of hydrogen-bond acceptors (Lipinski definition) is 4. The average Bonchev–Trinajstić information content (AvgIpc) is 2.70. The number of aryl methyl sites for hydroxylation is 2. The Balaban J connectivity index is 1.49. The molecule has 1 aliphatic rings. The minimum absolute atomic E-state index is 0.110. The van der Waals surface area contributed by atoms with Gasteiger partial charge in [-0.25, -0.2) is 0 Å². The Labute approximate surface area is 168 Å². The van der Waals surface area contributed by atoms with Crippen LogP contribution in [0, 0.1) is 13.8 Å². The van der Waals surface area contributed by atoms with Gasteiger partial charge in [-0.2, -0.15) is 0 Å². The Morgan fingerprint density at radius 2 is 1.71 bits per heavy atom. The minimum Gasteiger partial charge on any atom is -0.481 e. The summed E-state index contributed by atoms with van der Waals surface area (Å²) in [4.78, 5) is 17.1.